The van der Waals surface area contributed by atoms with Gasteiger partial charge in [-0.3, -0.25) is 0 Å². The van der Waals surface area contributed by atoms with Gasteiger partial charge in [-0.15, -0.1) is 10.2 Å². The molecular formula is C10H14N2O3S2. The third kappa shape index (κ3) is 3.17. The zero-order valence-corrected chi connectivity index (χ0v) is 11.3. The average Bonchev–Trinajstić information content (AvgIpc) is 2.90. The molecule has 94 valence electrons. The molecule has 1 saturated heterocycles. The van der Waals surface area contributed by atoms with E-state index in [4.69, 9.17) is 9.47 Å². The maximum absolute atomic E-state index is 11.4. The Balaban J connectivity index is 1.96. The van der Waals surface area contributed by atoms with Crippen molar-refractivity contribution in [1.82, 2.24) is 10.2 Å². The average molecular weight is 274 g/mol. The molecule has 0 aromatic carbocycles. The van der Waals surface area contributed by atoms with Gasteiger partial charge in [-0.25, -0.2) is 4.79 Å². The first kappa shape index (κ1) is 12.8. The van der Waals surface area contributed by atoms with E-state index in [2.05, 4.69) is 17.1 Å². The molecule has 1 aromatic rings. The topological polar surface area (TPSA) is 61.3 Å². The number of hydrogen-bond donors (Lipinski definition) is 0. The lowest BCUT2D eigenvalue weighted by Crippen LogP contribution is -2.12. The first-order valence-electron chi connectivity index (χ1n) is 5.49. The van der Waals surface area contributed by atoms with E-state index in [0.717, 1.165) is 17.4 Å². The van der Waals surface area contributed by atoms with Gasteiger partial charge in [-0.1, -0.05) is 23.1 Å². The first-order valence-corrected chi connectivity index (χ1v) is 7.19. The van der Waals surface area contributed by atoms with Gasteiger partial charge in [0, 0.05) is 11.9 Å². The van der Waals surface area contributed by atoms with Gasteiger partial charge in [0.15, 0.2) is 4.34 Å². The number of esters is 1. The summed E-state index contributed by atoms with van der Waals surface area (Å²) in [5, 5.41) is 8.55. The van der Waals surface area contributed by atoms with Crippen LogP contribution in [0, 0.1) is 0 Å². The van der Waals surface area contributed by atoms with E-state index in [0.29, 0.717) is 16.9 Å². The van der Waals surface area contributed by atoms with E-state index >= 15 is 0 Å². The second-order valence-electron chi connectivity index (χ2n) is 3.61. The van der Waals surface area contributed by atoms with Crippen LogP contribution < -0.4 is 0 Å². The summed E-state index contributed by atoms with van der Waals surface area (Å²) in [4.78, 5) is 11.4. The zero-order chi connectivity index (χ0) is 12.3. The Labute approximate surface area is 108 Å². The SMILES string of the molecule is CCOC(=O)c1nnc(SC2CCOC2C)s1. The van der Waals surface area contributed by atoms with Crippen LogP contribution in [0.5, 0.6) is 0 Å². The molecule has 1 fully saturated rings. The van der Waals surface area contributed by atoms with Crippen molar-refractivity contribution in [3.63, 3.8) is 0 Å². The van der Waals surface area contributed by atoms with Crippen LogP contribution >= 0.6 is 23.1 Å². The molecule has 7 heteroatoms. The number of carbonyl (C=O) groups is 1. The van der Waals surface area contributed by atoms with E-state index in [1.54, 1.807) is 18.7 Å². The van der Waals surface area contributed by atoms with Gasteiger partial charge in [0.05, 0.1) is 12.7 Å². The maximum Gasteiger partial charge on any atom is 0.369 e. The normalized spacial score (nSPS) is 23.9. The number of carbonyl (C=O) groups excluding carboxylic acids is 1. The first-order chi connectivity index (χ1) is 8.20. The molecule has 1 aliphatic rings. The van der Waals surface area contributed by atoms with Gasteiger partial charge >= 0.3 is 5.97 Å². The van der Waals surface area contributed by atoms with Crippen molar-refractivity contribution in [1.29, 1.82) is 0 Å². The number of nitrogens with zero attached hydrogens (tertiary/aromatic N) is 2. The minimum Gasteiger partial charge on any atom is -0.461 e. The summed E-state index contributed by atoms with van der Waals surface area (Å²) in [6, 6.07) is 0. The zero-order valence-electron chi connectivity index (χ0n) is 9.71. The van der Waals surface area contributed by atoms with Gasteiger partial charge in [0.1, 0.15) is 0 Å². The summed E-state index contributed by atoms with van der Waals surface area (Å²) < 4.78 is 11.1. The van der Waals surface area contributed by atoms with Crippen molar-refractivity contribution in [2.24, 2.45) is 0 Å². The van der Waals surface area contributed by atoms with Crippen LogP contribution in [0.25, 0.3) is 0 Å². The smallest absolute Gasteiger partial charge is 0.369 e. The van der Waals surface area contributed by atoms with Crippen molar-refractivity contribution in [3.05, 3.63) is 5.01 Å². The van der Waals surface area contributed by atoms with Crippen LogP contribution in [-0.4, -0.2) is 40.7 Å². The highest BCUT2D eigenvalue weighted by atomic mass is 32.2. The van der Waals surface area contributed by atoms with Crippen LogP contribution in [0.1, 0.15) is 30.1 Å². The molecule has 2 heterocycles. The van der Waals surface area contributed by atoms with Crippen LogP contribution in [0.4, 0.5) is 0 Å². The minimum absolute atomic E-state index is 0.231. The molecule has 2 unspecified atom stereocenters. The van der Waals surface area contributed by atoms with Crippen LogP contribution in [0.3, 0.4) is 0 Å². The van der Waals surface area contributed by atoms with Gasteiger partial charge in [-0.2, -0.15) is 0 Å². The summed E-state index contributed by atoms with van der Waals surface area (Å²) in [6.07, 6.45) is 1.25. The highest BCUT2D eigenvalue weighted by molar-refractivity contribution is 8.01. The van der Waals surface area contributed by atoms with Crippen molar-refractivity contribution in [2.75, 3.05) is 13.2 Å². The molecule has 1 aromatic heterocycles. The highest BCUT2D eigenvalue weighted by Gasteiger charge is 2.27. The molecule has 0 saturated carbocycles. The van der Waals surface area contributed by atoms with E-state index in [9.17, 15) is 4.79 Å². The number of rotatable bonds is 4. The van der Waals surface area contributed by atoms with Crippen LogP contribution in [0.2, 0.25) is 0 Å². The molecule has 0 amide bonds. The van der Waals surface area contributed by atoms with Crippen molar-refractivity contribution in [3.8, 4) is 0 Å². The molecule has 0 radical (unpaired) electrons. The predicted molar refractivity (Wildman–Crippen MR) is 65.5 cm³/mol. The van der Waals surface area contributed by atoms with E-state index < -0.39 is 5.97 Å². The summed E-state index contributed by atoms with van der Waals surface area (Å²) in [5.41, 5.74) is 0. The van der Waals surface area contributed by atoms with Crippen LogP contribution in [0.15, 0.2) is 4.34 Å². The lowest BCUT2D eigenvalue weighted by Gasteiger charge is -2.10. The molecule has 0 spiro atoms. The number of hydrogen-bond acceptors (Lipinski definition) is 7. The van der Waals surface area contributed by atoms with Crippen molar-refractivity contribution in [2.45, 2.75) is 36.0 Å². The molecule has 2 rings (SSSR count). The molecule has 2 atom stereocenters. The summed E-state index contributed by atoms with van der Waals surface area (Å²) >= 11 is 2.91. The van der Waals surface area contributed by atoms with Crippen molar-refractivity contribution < 1.29 is 14.3 Å². The highest BCUT2D eigenvalue weighted by Crippen LogP contribution is 2.34. The molecule has 17 heavy (non-hydrogen) atoms. The fraction of sp³-hybridized carbons (Fsp3) is 0.700. The third-order valence-electron chi connectivity index (χ3n) is 2.42. The summed E-state index contributed by atoms with van der Waals surface area (Å²) in [7, 11) is 0. The lowest BCUT2D eigenvalue weighted by molar-refractivity contribution is 0.0525. The van der Waals surface area contributed by atoms with Gasteiger partial charge in [-0.05, 0) is 20.3 Å². The van der Waals surface area contributed by atoms with E-state index in [-0.39, 0.29) is 6.10 Å². The summed E-state index contributed by atoms with van der Waals surface area (Å²) in [5.74, 6) is -0.396. The second kappa shape index (κ2) is 5.79. The molecule has 0 N–H and O–H groups in total. The van der Waals surface area contributed by atoms with Gasteiger partial charge in [0.2, 0.25) is 5.01 Å². The maximum atomic E-state index is 11.4. The summed E-state index contributed by atoms with van der Waals surface area (Å²) in [6.45, 7) is 4.97. The number of ether oxygens (including phenoxy) is 2. The number of aromatic nitrogens is 2. The largest absolute Gasteiger partial charge is 0.461 e. The molecule has 0 bridgehead atoms. The van der Waals surface area contributed by atoms with Crippen LogP contribution in [-0.2, 0) is 9.47 Å². The fourth-order valence-electron chi connectivity index (χ4n) is 1.53. The third-order valence-corrected chi connectivity index (χ3v) is 4.86. The number of thioether (sulfide) groups is 1. The Bertz CT molecular complexity index is 397. The monoisotopic (exact) mass is 274 g/mol. The van der Waals surface area contributed by atoms with Gasteiger partial charge in [0.25, 0.3) is 0 Å². The lowest BCUT2D eigenvalue weighted by atomic mass is 10.3. The standard InChI is InChI=1S/C10H14N2O3S2/c1-3-14-9(13)8-11-12-10(17-8)16-7-4-5-15-6(7)2/h6-7H,3-5H2,1-2H3. The van der Waals surface area contributed by atoms with Crippen molar-refractivity contribution >= 4 is 29.1 Å². The Kier molecular flexibility index (Phi) is 4.36. The Morgan fingerprint density at radius 3 is 3.12 bits per heavy atom. The molecule has 1 aliphatic heterocycles. The Morgan fingerprint density at radius 1 is 1.65 bits per heavy atom. The quantitative estimate of drug-likeness (QED) is 0.782. The van der Waals surface area contributed by atoms with Gasteiger partial charge < -0.3 is 9.47 Å². The predicted octanol–water partition coefficient (Wildman–Crippen LogP) is 1.98. The molecule has 5 nitrogen and oxygen atoms in total. The minimum atomic E-state index is -0.396. The fourth-order valence-corrected chi connectivity index (χ4v) is 3.63. The molecular weight excluding hydrogens is 260 g/mol. The molecule has 0 aliphatic carbocycles. The Morgan fingerprint density at radius 2 is 2.47 bits per heavy atom. The van der Waals surface area contributed by atoms with E-state index in [1.165, 1.54) is 11.3 Å². The Hall–Kier alpha value is -0.660. The second-order valence-corrected chi connectivity index (χ2v) is 6.08. The van der Waals surface area contributed by atoms with E-state index in [1.807, 2.05) is 0 Å².